The van der Waals surface area contributed by atoms with Crippen LogP contribution in [0.2, 0.25) is 0 Å². The normalized spacial score (nSPS) is 44.2. The third-order valence-corrected chi connectivity index (χ3v) is 7.58. The molecule has 4 bridgehead atoms. The molecule has 23 heavy (non-hydrogen) atoms. The lowest BCUT2D eigenvalue weighted by molar-refractivity contribution is -0.130. The van der Waals surface area contributed by atoms with Gasteiger partial charge in [-0.3, -0.25) is 9.59 Å². The quantitative estimate of drug-likeness (QED) is 0.756. The van der Waals surface area contributed by atoms with Crippen molar-refractivity contribution >= 4 is 23.6 Å². The van der Waals surface area contributed by atoms with E-state index < -0.39 is 0 Å². The molecule has 5 fully saturated rings. The van der Waals surface area contributed by atoms with Crippen LogP contribution in [0.4, 0.5) is 0 Å². The maximum atomic E-state index is 12.8. The van der Waals surface area contributed by atoms with Gasteiger partial charge in [-0.25, -0.2) is 0 Å². The second-order valence-electron chi connectivity index (χ2n) is 8.20. The summed E-state index contributed by atoms with van der Waals surface area (Å²) >= 11 is 1.62. The zero-order valence-electron chi connectivity index (χ0n) is 13.1. The van der Waals surface area contributed by atoms with Crippen LogP contribution in [0.25, 0.3) is 0 Å². The topological polar surface area (TPSA) is 69.6 Å². The molecule has 6 heteroatoms. The van der Waals surface area contributed by atoms with Gasteiger partial charge in [0.2, 0.25) is 0 Å². The average molecular weight is 334 g/mol. The van der Waals surface area contributed by atoms with Crippen LogP contribution in [0.15, 0.2) is 11.3 Å². The van der Waals surface area contributed by atoms with Gasteiger partial charge in [0.1, 0.15) is 17.4 Å². The van der Waals surface area contributed by atoms with Gasteiger partial charge in [-0.2, -0.15) is 0 Å². The molecular weight excluding hydrogens is 312 g/mol. The number of fused-ring (bicyclic) bond motifs is 1. The molecule has 1 saturated heterocycles. The van der Waals surface area contributed by atoms with E-state index in [0.29, 0.717) is 11.6 Å². The summed E-state index contributed by atoms with van der Waals surface area (Å²) in [4.78, 5) is 26.9. The molecule has 2 aliphatic heterocycles. The highest BCUT2D eigenvalue weighted by Crippen LogP contribution is 2.55. The molecule has 1 atom stereocenters. The Morgan fingerprint density at radius 1 is 1.17 bits per heavy atom. The van der Waals surface area contributed by atoms with Crippen LogP contribution in [0.1, 0.15) is 38.5 Å². The smallest absolute Gasteiger partial charge is 0.264 e. The minimum absolute atomic E-state index is 0.00560. The van der Waals surface area contributed by atoms with E-state index in [2.05, 4.69) is 5.32 Å². The summed E-state index contributed by atoms with van der Waals surface area (Å²) in [5, 5.41) is 13.6. The fourth-order valence-corrected chi connectivity index (χ4v) is 7.23. The second kappa shape index (κ2) is 4.68. The van der Waals surface area contributed by atoms with Gasteiger partial charge < -0.3 is 15.3 Å². The number of aliphatic hydroxyl groups is 1. The summed E-state index contributed by atoms with van der Waals surface area (Å²) < 4.78 is 0. The van der Waals surface area contributed by atoms with E-state index in [1.165, 1.54) is 19.3 Å². The van der Waals surface area contributed by atoms with Crippen LogP contribution < -0.4 is 5.32 Å². The van der Waals surface area contributed by atoms with Crippen LogP contribution >= 0.6 is 11.8 Å². The van der Waals surface area contributed by atoms with Crippen molar-refractivity contribution in [2.75, 3.05) is 11.6 Å². The van der Waals surface area contributed by atoms with Gasteiger partial charge in [-0.1, -0.05) is 0 Å². The van der Waals surface area contributed by atoms with Crippen molar-refractivity contribution in [3.05, 3.63) is 11.3 Å². The Kier molecular flexibility index (Phi) is 2.89. The van der Waals surface area contributed by atoms with Gasteiger partial charge in [0.15, 0.2) is 0 Å². The molecule has 0 aromatic heterocycles. The fourth-order valence-electron chi connectivity index (χ4n) is 6.07. The number of hydrogen-bond acceptors (Lipinski definition) is 4. The number of carbonyl (C=O) groups is 2. The predicted octanol–water partition coefficient (Wildman–Crippen LogP) is 1.80. The molecule has 0 radical (unpaired) electrons. The SMILES string of the molecule is O=C(NC12CC3CC(CC(C3)C1)C2)C1=C(O)[C@H]2CSCN2C1=O. The lowest BCUT2D eigenvalue weighted by Crippen LogP contribution is -2.60. The van der Waals surface area contributed by atoms with Crippen molar-refractivity contribution in [2.45, 2.75) is 50.1 Å². The van der Waals surface area contributed by atoms with Crippen molar-refractivity contribution < 1.29 is 14.7 Å². The molecule has 2 N–H and O–H groups in total. The van der Waals surface area contributed by atoms with Crippen LogP contribution in [0.5, 0.6) is 0 Å². The van der Waals surface area contributed by atoms with E-state index in [9.17, 15) is 14.7 Å². The first kappa shape index (κ1) is 14.2. The second-order valence-corrected chi connectivity index (χ2v) is 9.20. The molecule has 5 nitrogen and oxygen atoms in total. The number of amides is 2. The first-order chi connectivity index (χ1) is 11.0. The molecule has 0 aromatic carbocycles. The van der Waals surface area contributed by atoms with E-state index in [1.54, 1.807) is 16.7 Å². The molecule has 6 aliphatic rings. The number of aliphatic hydroxyl groups excluding tert-OH is 1. The van der Waals surface area contributed by atoms with Gasteiger partial charge in [0, 0.05) is 11.3 Å². The Bertz CT molecular complexity index is 594. The molecule has 0 spiro atoms. The van der Waals surface area contributed by atoms with Gasteiger partial charge in [0.05, 0.1) is 5.88 Å². The lowest BCUT2D eigenvalue weighted by Gasteiger charge is -2.56. The molecule has 0 aromatic rings. The lowest BCUT2D eigenvalue weighted by atomic mass is 9.53. The van der Waals surface area contributed by atoms with Crippen molar-refractivity contribution in [3.8, 4) is 0 Å². The Labute approximate surface area is 139 Å². The molecule has 4 aliphatic carbocycles. The molecular formula is C17H22N2O3S. The zero-order valence-corrected chi connectivity index (χ0v) is 13.9. The maximum Gasteiger partial charge on any atom is 0.264 e. The highest BCUT2D eigenvalue weighted by molar-refractivity contribution is 7.99. The Balaban J connectivity index is 1.40. The van der Waals surface area contributed by atoms with Gasteiger partial charge in [-0.05, 0) is 56.3 Å². The summed E-state index contributed by atoms with van der Waals surface area (Å²) in [6.07, 6.45) is 7.10. The van der Waals surface area contributed by atoms with Gasteiger partial charge >= 0.3 is 0 Å². The van der Waals surface area contributed by atoms with E-state index in [1.807, 2.05) is 0 Å². The molecule has 4 saturated carbocycles. The van der Waals surface area contributed by atoms with E-state index in [0.717, 1.165) is 37.0 Å². The summed E-state index contributed by atoms with van der Waals surface area (Å²) in [6.45, 7) is 0. The van der Waals surface area contributed by atoms with Gasteiger partial charge in [0.25, 0.3) is 11.8 Å². The van der Waals surface area contributed by atoms with Gasteiger partial charge in [-0.15, -0.1) is 11.8 Å². The predicted molar refractivity (Wildman–Crippen MR) is 86.7 cm³/mol. The summed E-state index contributed by atoms with van der Waals surface area (Å²) in [5.74, 6) is 2.83. The van der Waals surface area contributed by atoms with E-state index >= 15 is 0 Å². The minimum Gasteiger partial charge on any atom is -0.509 e. The minimum atomic E-state index is -0.339. The number of carbonyl (C=O) groups excluding carboxylic acids is 2. The summed E-state index contributed by atoms with van der Waals surface area (Å²) in [7, 11) is 0. The number of thioether (sulfide) groups is 1. The highest BCUT2D eigenvalue weighted by atomic mass is 32.2. The van der Waals surface area contributed by atoms with Crippen molar-refractivity contribution in [3.63, 3.8) is 0 Å². The van der Waals surface area contributed by atoms with Crippen molar-refractivity contribution in [1.82, 2.24) is 10.2 Å². The zero-order chi connectivity index (χ0) is 15.8. The Morgan fingerprint density at radius 3 is 2.35 bits per heavy atom. The number of hydrogen-bond donors (Lipinski definition) is 2. The summed E-state index contributed by atoms with van der Waals surface area (Å²) in [6, 6.07) is -0.287. The van der Waals surface area contributed by atoms with E-state index in [-0.39, 0.29) is 34.7 Å². The number of nitrogens with one attached hydrogen (secondary N) is 1. The van der Waals surface area contributed by atoms with E-state index in [4.69, 9.17) is 0 Å². The third-order valence-electron chi connectivity index (χ3n) is 6.57. The number of rotatable bonds is 2. The third kappa shape index (κ3) is 2.00. The highest BCUT2D eigenvalue weighted by Gasteiger charge is 2.53. The largest absolute Gasteiger partial charge is 0.509 e. The Hall–Kier alpha value is -1.17. The molecule has 6 rings (SSSR count). The maximum absolute atomic E-state index is 12.8. The first-order valence-electron chi connectivity index (χ1n) is 8.69. The van der Waals surface area contributed by atoms with Crippen molar-refractivity contribution in [2.24, 2.45) is 17.8 Å². The monoisotopic (exact) mass is 334 g/mol. The Morgan fingerprint density at radius 2 is 1.78 bits per heavy atom. The van der Waals surface area contributed by atoms with Crippen LogP contribution in [-0.2, 0) is 9.59 Å². The first-order valence-corrected chi connectivity index (χ1v) is 9.84. The molecule has 0 unspecified atom stereocenters. The van der Waals surface area contributed by atoms with Crippen molar-refractivity contribution in [1.29, 1.82) is 0 Å². The van der Waals surface area contributed by atoms with Crippen LogP contribution in [0, 0.1) is 17.8 Å². The average Bonchev–Trinajstić information content (AvgIpc) is 3.01. The standard InChI is InChI=1S/C17H22N2O3S/c20-14-12-7-23-8-19(12)16(22)13(14)15(21)18-17-4-9-1-10(5-17)3-11(2-9)6-17/h9-12,20H,1-8H2,(H,18,21)/t9?,10?,11?,12-,17?/m1/s1. The molecule has 2 amide bonds. The van der Waals surface area contributed by atoms with Crippen LogP contribution in [0.3, 0.4) is 0 Å². The fraction of sp³-hybridized carbons (Fsp3) is 0.765. The summed E-state index contributed by atoms with van der Waals surface area (Å²) in [5.41, 5.74) is -0.118. The van der Waals surface area contributed by atoms with Crippen LogP contribution in [-0.4, -0.2) is 45.0 Å². The molecule has 2 heterocycles. The molecule has 124 valence electrons. The number of nitrogens with zero attached hydrogens (tertiary/aromatic N) is 1.